The lowest BCUT2D eigenvalue weighted by atomic mass is 9.89. The number of ether oxygens (including phenoxy) is 1. The van der Waals surface area contributed by atoms with Crippen molar-refractivity contribution in [3.63, 3.8) is 0 Å². The number of hydrogen-bond donors (Lipinski definition) is 1. The maximum atomic E-state index is 12.3. The van der Waals surface area contributed by atoms with Crippen LogP contribution in [-0.2, 0) is 9.53 Å². The van der Waals surface area contributed by atoms with Crippen LogP contribution >= 0.6 is 0 Å². The van der Waals surface area contributed by atoms with Crippen LogP contribution in [0.1, 0.15) is 20.3 Å². The van der Waals surface area contributed by atoms with Gasteiger partial charge in [-0.15, -0.1) is 0 Å². The van der Waals surface area contributed by atoms with Crippen molar-refractivity contribution in [2.45, 2.75) is 20.3 Å². The molecule has 1 rings (SSSR count). The molecule has 1 aliphatic heterocycles. The lowest BCUT2D eigenvalue weighted by molar-refractivity contribution is -0.137. The smallest absolute Gasteiger partial charge is 0.323 e. The van der Waals surface area contributed by atoms with Gasteiger partial charge in [-0.05, 0) is 18.3 Å². The predicted molar refractivity (Wildman–Crippen MR) is 71.0 cm³/mol. The molecular formula is C13H24N2O4. The van der Waals surface area contributed by atoms with Crippen LogP contribution < -0.4 is 0 Å². The lowest BCUT2D eigenvalue weighted by Crippen LogP contribution is -2.50. The molecule has 2 atom stereocenters. The van der Waals surface area contributed by atoms with Crippen LogP contribution in [0.2, 0.25) is 0 Å². The highest BCUT2D eigenvalue weighted by Gasteiger charge is 2.29. The summed E-state index contributed by atoms with van der Waals surface area (Å²) >= 11 is 0. The summed E-state index contributed by atoms with van der Waals surface area (Å²) in [6, 6.07) is -0.196. The number of carbonyl (C=O) groups excluding carboxylic acids is 1. The first-order valence-electron chi connectivity index (χ1n) is 6.70. The summed E-state index contributed by atoms with van der Waals surface area (Å²) in [6.45, 7) is 6.09. The van der Waals surface area contributed by atoms with Crippen molar-refractivity contribution in [1.82, 2.24) is 9.80 Å². The topological polar surface area (TPSA) is 70.1 Å². The number of amides is 2. The van der Waals surface area contributed by atoms with Crippen molar-refractivity contribution in [3.8, 4) is 0 Å². The zero-order chi connectivity index (χ0) is 14.4. The van der Waals surface area contributed by atoms with Crippen LogP contribution in [0.4, 0.5) is 4.79 Å². The third-order valence-corrected chi connectivity index (χ3v) is 3.77. The molecule has 110 valence electrons. The molecule has 0 bridgehead atoms. The van der Waals surface area contributed by atoms with Crippen LogP contribution in [0.25, 0.3) is 0 Å². The normalized spacial score (nSPS) is 23.2. The third-order valence-electron chi connectivity index (χ3n) is 3.77. The number of methoxy groups -OCH3 is 1. The molecule has 0 aliphatic carbocycles. The van der Waals surface area contributed by atoms with E-state index in [1.807, 2.05) is 0 Å². The van der Waals surface area contributed by atoms with E-state index in [1.54, 1.807) is 4.90 Å². The predicted octanol–water partition coefficient (Wildman–Crippen LogP) is 1.12. The largest absolute Gasteiger partial charge is 0.480 e. The molecule has 1 saturated heterocycles. The Morgan fingerprint density at radius 1 is 1.37 bits per heavy atom. The maximum absolute atomic E-state index is 12.3. The molecule has 0 saturated carbocycles. The van der Waals surface area contributed by atoms with Crippen molar-refractivity contribution in [1.29, 1.82) is 0 Å². The Labute approximate surface area is 114 Å². The first-order valence-corrected chi connectivity index (χ1v) is 6.70. The van der Waals surface area contributed by atoms with Gasteiger partial charge in [-0.2, -0.15) is 0 Å². The molecule has 0 aromatic rings. The molecule has 2 amide bonds. The van der Waals surface area contributed by atoms with Gasteiger partial charge in [-0.1, -0.05) is 13.8 Å². The quantitative estimate of drug-likeness (QED) is 0.814. The number of carboxylic acid groups (broad SMARTS) is 1. The number of carbonyl (C=O) groups is 2. The summed E-state index contributed by atoms with van der Waals surface area (Å²) < 4.78 is 4.92. The number of aliphatic carboxylic acids is 1. The van der Waals surface area contributed by atoms with Gasteiger partial charge >= 0.3 is 12.0 Å². The third kappa shape index (κ3) is 4.70. The van der Waals surface area contributed by atoms with Crippen molar-refractivity contribution < 1.29 is 19.4 Å². The maximum Gasteiger partial charge on any atom is 0.323 e. The number of carboxylic acids is 1. The van der Waals surface area contributed by atoms with Crippen molar-refractivity contribution in [2.24, 2.45) is 11.8 Å². The average Bonchev–Trinajstić information content (AvgIpc) is 2.36. The van der Waals surface area contributed by atoms with Gasteiger partial charge in [0.1, 0.15) is 6.54 Å². The van der Waals surface area contributed by atoms with Crippen LogP contribution in [0.3, 0.4) is 0 Å². The molecule has 1 aliphatic rings. The van der Waals surface area contributed by atoms with Crippen molar-refractivity contribution in [2.75, 3.05) is 39.9 Å². The fourth-order valence-electron chi connectivity index (χ4n) is 2.24. The molecule has 2 unspecified atom stereocenters. The Kier molecular flexibility index (Phi) is 6.08. The number of hydrogen-bond acceptors (Lipinski definition) is 3. The van der Waals surface area contributed by atoms with E-state index in [-0.39, 0.29) is 12.6 Å². The minimum atomic E-state index is -0.997. The Hall–Kier alpha value is -1.30. The second kappa shape index (κ2) is 7.33. The van der Waals surface area contributed by atoms with E-state index in [9.17, 15) is 9.59 Å². The first-order chi connectivity index (χ1) is 8.95. The molecule has 19 heavy (non-hydrogen) atoms. The highest BCUT2D eigenvalue weighted by Crippen LogP contribution is 2.23. The number of nitrogens with zero attached hydrogens (tertiary/aromatic N) is 2. The molecule has 6 nitrogen and oxygen atoms in total. The van der Waals surface area contributed by atoms with E-state index >= 15 is 0 Å². The van der Waals surface area contributed by atoms with E-state index < -0.39 is 5.97 Å². The van der Waals surface area contributed by atoms with E-state index in [1.165, 1.54) is 12.0 Å². The van der Waals surface area contributed by atoms with Gasteiger partial charge in [0.2, 0.25) is 0 Å². The zero-order valence-corrected chi connectivity index (χ0v) is 12.0. The standard InChI is InChI=1S/C13H24N2O4/c1-10-4-5-14(8-11(10)2)13(18)15(6-7-19-3)9-12(16)17/h10-11H,4-9H2,1-3H3,(H,16,17). The van der Waals surface area contributed by atoms with Crippen LogP contribution in [0, 0.1) is 11.8 Å². The Bertz CT molecular complexity index is 322. The second-order valence-corrected chi connectivity index (χ2v) is 5.28. The number of urea groups is 1. The molecule has 0 aromatic carbocycles. The van der Waals surface area contributed by atoms with Gasteiger partial charge in [0.15, 0.2) is 0 Å². The summed E-state index contributed by atoms with van der Waals surface area (Å²) in [5.41, 5.74) is 0. The summed E-state index contributed by atoms with van der Waals surface area (Å²) in [6.07, 6.45) is 0.970. The van der Waals surface area contributed by atoms with Crippen molar-refractivity contribution >= 4 is 12.0 Å². The highest BCUT2D eigenvalue weighted by molar-refractivity contribution is 5.80. The highest BCUT2D eigenvalue weighted by atomic mass is 16.5. The molecule has 1 N–H and O–H groups in total. The fraction of sp³-hybridized carbons (Fsp3) is 0.846. The molecule has 0 spiro atoms. The number of likely N-dealkylation sites (tertiary alicyclic amines) is 1. The molecule has 0 aromatic heterocycles. The monoisotopic (exact) mass is 272 g/mol. The number of piperidine rings is 1. The van der Waals surface area contributed by atoms with E-state index in [2.05, 4.69) is 13.8 Å². The summed E-state index contributed by atoms with van der Waals surface area (Å²) in [5.74, 6) is 0.0608. The molecule has 1 heterocycles. The molecule has 0 radical (unpaired) electrons. The van der Waals surface area contributed by atoms with Gasteiger partial charge in [-0.25, -0.2) is 4.79 Å². The summed E-state index contributed by atoms with van der Waals surface area (Å²) in [5, 5.41) is 8.87. The second-order valence-electron chi connectivity index (χ2n) is 5.28. The van der Waals surface area contributed by atoms with E-state index in [0.29, 0.717) is 38.1 Å². The number of rotatable bonds is 5. The minimum absolute atomic E-state index is 0.196. The van der Waals surface area contributed by atoms with Crippen molar-refractivity contribution in [3.05, 3.63) is 0 Å². The van der Waals surface area contributed by atoms with Crippen LogP contribution in [0.5, 0.6) is 0 Å². The Morgan fingerprint density at radius 2 is 2.05 bits per heavy atom. The van der Waals surface area contributed by atoms with E-state index in [4.69, 9.17) is 9.84 Å². The summed E-state index contributed by atoms with van der Waals surface area (Å²) in [7, 11) is 1.54. The average molecular weight is 272 g/mol. The van der Waals surface area contributed by atoms with Crippen LogP contribution in [-0.4, -0.2) is 66.8 Å². The zero-order valence-electron chi connectivity index (χ0n) is 12.0. The van der Waals surface area contributed by atoms with Gasteiger partial charge in [0.05, 0.1) is 6.61 Å². The fourth-order valence-corrected chi connectivity index (χ4v) is 2.24. The Balaban J connectivity index is 2.61. The van der Waals surface area contributed by atoms with E-state index in [0.717, 1.165) is 6.42 Å². The first kappa shape index (κ1) is 15.8. The summed E-state index contributed by atoms with van der Waals surface area (Å²) in [4.78, 5) is 26.2. The molecule has 6 heteroatoms. The van der Waals surface area contributed by atoms with Gasteiger partial charge in [0, 0.05) is 26.7 Å². The van der Waals surface area contributed by atoms with Gasteiger partial charge < -0.3 is 19.6 Å². The van der Waals surface area contributed by atoms with Gasteiger partial charge in [0.25, 0.3) is 0 Å². The minimum Gasteiger partial charge on any atom is -0.480 e. The SMILES string of the molecule is COCCN(CC(=O)O)C(=O)N1CCC(C)C(C)C1. The Morgan fingerprint density at radius 3 is 2.58 bits per heavy atom. The molecule has 1 fully saturated rings. The lowest BCUT2D eigenvalue weighted by Gasteiger charge is -2.37. The van der Waals surface area contributed by atoms with Gasteiger partial charge in [-0.3, -0.25) is 4.79 Å². The van der Waals surface area contributed by atoms with Crippen LogP contribution in [0.15, 0.2) is 0 Å². The molecular weight excluding hydrogens is 248 g/mol.